The van der Waals surface area contributed by atoms with Gasteiger partial charge in [-0.05, 0) is 36.4 Å². The van der Waals surface area contributed by atoms with Crippen molar-refractivity contribution in [2.75, 3.05) is 0 Å². The highest BCUT2D eigenvalue weighted by molar-refractivity contribution is 6.32. The summed E-state index contributed by atoms with van der Waals surface area (Å²) in [4.78, 5) is 4.12. The van der Waals surface area contributed by atoms with Crippen LogP contribution in [-0.2, 0) is 0 Å². The molecule has 3 rings (SSSR count). The predicted molar refractivity (Wildman–Crippen MR) is 77.1 cm³/mol. The van der Waals surface area contributed by atoms with Crippen molar-refractivity contribution in [3.63, 3.8) is 0 Å². The molecular formula is C15H7Cl2F2N. The average Bonchev–Trinajstić information content (AvgIpc) is 2.39. The van der Waals surface area contributed by atoms with E-state index in [2.05, 4.69) is 4.98 Å². The Bertz CT molecular complexity index is 798. The molecule has 5 heteroatoms. The first-order valence-corrected chi connectivity index (χ1v) is 6.52. The summed E-state index contributed by atoms with van der Waals surface area (Å²) >= 11 is 11.9. The molecule has 0 atom stereocenters. The molecule has 0 fully saturated rings. The third-order valence-corrected chi connectivity index (χ3v) is 3.40. The van der Waals surface area contributed by atoms with Crippen LogP contribution in [-0.4, -0.2) is 4.98 Å². The molecule has 100 valence electrons. The van der Waals surface area contributed by atoms with Gasteiger partial charge in [0.2, 0.25) is 0 Å². The van der Waals surface area contributed by atoms with Gasteiger partial charge in [0.25, 0.3) is 0 Å². The normalized spacial score (nSPS) is 11.0. The molecule has 0 aliphatic carbocycles. The SMILES string of the molecule is Fc1cccc(F)c1-c1cc(Cl)nc2ccc(Cl)cc12. The minimum Gasteiger partial charge on any atom is -0.236 e. The summed E-state index contributed by atoms with van der Waals surface area (Å²) in [6.45, 7) is 0. The van der Waals surface area contributed by atoms with E-state index < -0.39 is 11.6 Å². The molecule has 0 unspecified atom stereocenters. The molecule has 0 saturated carbocycles. The van der Waals surface area contributed by atoms with Gasteiger partial charge in [-0.2, -0.15) is 0 Å². The van der Waals surface area contributed by atoms with E-state index in [1.165, 1.54) is 24.3 Å². The van der Waals surface area contributed by atoms with E-state index in [0.29, 0.717) is 21.5 Å². The van der Waals surface area contributed by atoms with E-state index in [4.69, 9.17) is 23.2 Å². The third-order valence-electron chi connectivity index (χ3n) is 2.97. The Morgan fingerprint density at radius 2 is 1.60 bits per heavy atom. The standard InChI is InChI=1S/C15H7Cl2F2N/c16-8-4-5-13-9(6-8)10(7-14(17)20-13)15-11(18)2-1-3-12(15)19/h1-7H. The van der Waals surface area contributed by atoms with E-state index in [1.54, 1.807) is 18.2 Å². The van der Waals surface area contributed by atoms with E-state index in [-0.39, 0.29) is 10.7 Å². The number of hydrogen-bond donors (Lipinski definition) is 0. The van der Waals surface area contributed by atoms with Crippen LogP contribution in [0, 0.1) is 11.6 Å². The molecule has 1 aromatic heterocycles. The maximum absolute atomic E-state index is 14.0. The molecular weight excluding hydrogens is 303 g/mol. The zero-order chi connectivity index (χ0) is 14.3. The summed E-state index contributed by atoms with van der Waals surface area (Å²) in [6, 6.07) is 10.1. The van der Waals surface area contributed by atoms with Crippen LogP contribution in [0.2, 0.25) is 10.2 Å². The summed E-state index contributed by atoms with van der Waals surface area (Å²) in [7, 11) is 0. The van der Waals surface area contributed by atoms with Crippen LogP contribution in [0.25, 0.3) is 22.0 Å². The number of nitrogens with zero attached hydrogens (tertiary/aromatic N) is 1. The molecule has 0 bridgehead atoms. The number of halogens is 4. The molecule has 0 aliphatic rings. The molecule has 20 heavy (non-hydrogen) atoms. The summed E-state index contributed by atoms with van der Waals surface area (Å²) in [6.07, 6.45) is 0. The van der Waals surface area contributed by atoms with Gasteiger partial charge in [0, 0.05) is 16.0 Å². The van der Waals surface area contributed by atoms with Crippen molar-refractivity contribution in [2.45, 2.75) is 0 Å². The molecule has 0 saturated heterocycles. The van der Waals surface area contributed by atoms with Gasteiger partial charge in [-0.1, -0.05) is 29.3 Å². The third kappa shape index (κ3) is 2.23. The Kier molecular flexibility index (Phi) is 3.32. The number of fused-ring (bicyclic) bond motifs is 1. The number of aromatic nitrogens is 1. The monoisotopic (exact) mass is 309 g/mol. The Labute approximate surface area is 123 Å². The summed E-state index contributed by atoms with van der Waals surface area (Å²) in [5.74, 6) is -1.32. The molecule has 0 radical (unpaired) electrons. The molecule has 0 aliphatic heterocycles. The van der Waals surface area contributed by atoms with E-state index in [1.807, 2.05) is 0 Å². The Balaban J connectivity index is 2.44. The lowest BCUT2D eigenvalue weighted by Gasteiger charge is -2.10. The predicted octanol–water partition coefficient (Wildman–Crippen LogP) is 5.49. The molecule has 0 N–H and O–H groups in total. The first kappa shape index (κ1) is 13.3. The number of pyridine rings is 1. The minimum atomic E-state index is -0.659. The van der Waals surface area contributed by atoms with Crippen LogP contribution < -0.4 is 0 Å². The van der Waals surface area contributed by atoms with Crippen molar-refractivity contribution >= 4 is 34.1 Å². The van der Waals surface area contributed by atoms with Gasteiger partial charge >= 0.3 is 0 Å². The molecule has 1 nitrogen and oxygen atoms in total. The number of hydrogen-bond acceptors (Lipinski definition) is 1. The van der Waals surface area contributed by atoms with Crippen LogP contribution in [0.1, 0.15) is 0 Å². The van der Waals surface area contributed by atoms with Gasteiger partial charge < -0.3 is 0 Å². The van der Waals surface area contributed by atoms with Crippen molar-refractivity contribution in [1.29, 1.82) is 0 Å². The summed E-state index contributed by atoms with van der Waals surface area (Å²) in [5.41, 5.74) is 0.724. The second-order valence-electron chi connectivity index (χ2n) is 4.25. The second kappa shape index (κ2) is 5.00. The largest absolute Gasteiger partial charge is 0.236 e. The minimum absolute atomic E-state index is 0.135. The van der Waals surface area contributed by atoms with Gasteiger partial charge in [0.15, 0.2) is 0 Å². The maximum atomic E-state index is 14.0. The fourth-order valence-corrected chi connectivity index (χ4v) is 2.50. The van der Waals surface area contributed by atoms with Crippen molar-refractivity contribution in [2.24, 2.45) is 0 Å². The lowest BCUT2D eigenvalue weighted by Crippen LogP contribution is -1.92. The van der Waals surface area contributed by atoms with Crippen molar-refractivity contribution < 1.29 is 8.78 Å². The van der Waals surface area contributed by atoms with Crippen molar-refractivity contribution in [3.8, 4) is 11.1 Å². The number of benzene rings is 2. The van der Waals surface area contributed by atoms with Crippen molar-refractivity contribution in [1.82, 2.24) is 4.98 Å². The van der Waals surface area contributed by atoms with Gasteiger partial charge in [-0.3, -0.25) is 0 Å². The topological polar surface area (TPSA) is 12.9 Å². The van der Waals surface area contributed by atoms with Crippen LogP contribution in [0.5, 0.6) is 0 Å². The Morgan fingerprint density at radius 1 is 0.900 bits per heavy atom. The molecule has 2 aromatic carbocycles. The molecule has 0 spiro atoms. The second-order valence-corrected chi connectivity index (χ2v) is 5.07. The summed E-state index contributed by atoms with van der Waals surface area (Å²) in [5, 5.41) is 1.17. The van der Waals surface area contributed by atoms with Crippen LogP contribution in [0.15, 0.2) is 42.5 Å². The lowest BCUT2D eigenvalue weighted by molar-refractivity contribution is 0.590. The van der Waals surface area contributed by atoms with Crippen LogP contribution in [0.4, 0.5) is 8.78 Å². The van der Waals surface area contributed by atoms with E-state index in [0.717, 1.165) is 0 Å². The number of rotatable bonds is 1. The summed E-state index contributed by atoms with van der Waals surface area (Å²) < 4.78 is 27.9. The smallest absolute Gasteiger partial charge is 0.134 e. The Morgan fingerprint density at radius 3 is 2.30 bits per heavy atom. The van der Waals surface area contributed by atoms with Gasteiger partial charge in [0.05, 0.1) is 11.1 Å². The molecule has 3 aromatic rings. The first-order chi connectivity index (χ1) is 9.56. The van der Waals surface area contributed by atoms with E-state index in [9.17, 15) is 8.78 Å². The Hall–Kier alpha value is -1.71. The average molecular weight is 310 g/mol. The lowest BCUT2D eigenvalue weighted by atomic mass is 10.0. The van der Waals surface area contributed by atoms with Crippen LogP contribution in [0.3, 0.4) is 0 Å². The van der Waals surface area contributed by atoms with E-state index >= 15 is 0 Å². The quantitative estimate of drug-likeness (QED) is 0.542. The highest BCUT2D eigenvalue weighted by Gasteiger charge is 2.15. The van der Waals surface area contributed by atoms with Gasteiger partial charge in [0.1, 0.15) is 16.8 Å². The van der Waals surface area contributed by atoms with Crippen molar-refractivity contribution in [3.05, 3.63) is 64.3 Å². The zero-order valence-electron chi connectivity index (χ0n) is 10.0. The first-order valence-electron chi connectivity index (χ1n) is 5.76. The maximum Gasteiger partial charge on any atom is 0.134 e. The fourth-order valence-electron chi connectivity index (χ4n) is 2.13. The van der Waals surface area contributed by atoms with Gasteiger partial charge in [-0.25, -0.2) is 13.8 Å². The fraction of sp³-hybridized carbons (Fsp3) is 0. The highest BCUT2D eigenvalue weighted by atomic mass is 35.5. The molecule has 1 heterocycles. The zero-order valence-corrected chi connectivity index (χ0v) is 11.5. The van der Waals surface area contributed by atoms with Gasteiger partial charge in [-0.15, -0.1) is 0 Å². The van der Waals surface area contributed by atoms with Crippen LogP contribution >= 0.6 is 23.2 Å². The highest BCUT2D eigenvalue weighted by Crippen LogP contribution is 2.34. The molecule has 0 amide bonds.